The van der Waals surface area contributed by atoms with Gasteiger partial charge in [-0.15, -0.1) is 0 Å². The fraction of sp³-hybridized carbons (Fsp3) is 0.308. The quantitative estimate of drug-likeness (QED) is 0.218. The first-order chi connectivity index (χ1) is 13.7. The van der Waals surface area contributed by atoms with E-state index in [1.54, 1.807) is 0 Å². The summed E-state index contributed by atoms with van der Waals surface area (Å²) in [6, 6.07) is 17.7. The summed E-state index contributed by atoms with van der Waals surface area (Å²) in [5, 5.41) is 5.10. The maximum absolute atomic E-state index is 3.66. The Labute approximate surface area is 181 Å². The van der Waals surface area contributed by atoms with Gasteiger partial charge in [-0.25, -0.2) is 0 Å². The summed E-state index contributed by atoms with van der Waals surface area (Å²) >= 11 is -2.79. The van der Waals surface area contributed by atoms with E-state index in [1.807, 2.05) is 0 Å². The average Bonchev–Trinajstić information content (AvgIpc) is 2.74. The van der Waals surface area contributed by atoms with Crippen LogP contribution in [0.1, 0.15) is 38.8 Å². The number of hydrogen-bond donors (Lipinski definition) is 0. The topological polar surface area (TPSA) is 0 Å². The molecule has 0 aromatic heterocycles. The summed E-state index contributed by atoms with van der Waals surface area (Å²) in [5.74, 6) is 7.10. The van der Waals surface area contributed by atoms with Crippen LogP contribution in [0.3, 0.4) is 0 Å². The summed E-state index contributed by atoms with van der Waals surface area (Å²) in [6.07, 6.45) is 0. The monoisotopic (exact) mass is 478 g/mol. The SMILES string of the molecule is C[CH2][Ga]([C]#Cc1cccc2cc3cccc(C#[C][Ga]([CH2]C)[CH2]C)c3cc12)[CH2]C. The van der Waals surface area contributed by atoms with Crippen molar-refractivity contribution < 1.29 is 0 Å². The van der Waals surface area contributed by atoms with Crippen molar-refractivity contribution >= 4 is 54.0 Å². The van der Waals surface area contributed by atoms with Crippen LogP contribution in [-0.4, -0.2) is 32.4 Å². The molecule has 0 saturated heterocycles. The Balaban J connectivity index is 2.16. The molecule has 2 heteroatoms. The van der Waals surface area contributed by atoms with Crippen molar-refractivity contribution in [2.24, 2.45) is 0 Å². The molecule has 0 unspecified atom stereocenters. The molecular weight excluding hydrogens is 452 g/mol. The zero-order valence-electron chi connectivity index (χ0n) is 17.6. The van der Waals surface area contributed by atoms with Crippen LogP contribution >= 0.6 is 0 Å². The molecule has 3 rings (SSSR count). The fourth-order valence-electron chi connectivity index (χ4n) is 3.62. The summed E-state index contributed by atoms with van der Waals surface area (Å²) in [7, 11) is 0. The molecule has 0 aliphatic heterocycles. The zero-order chi connectivity index (χ0) is 19.9. The van der Waals surface area contributed by atoms with Crippen LogP contribution in [0.2, 0.25) is 19.9 Å². The molecule has 3 aromatic carbocycles. The molecule has 0 radical (unpaired) electrons. The van der Waals surface area contributed by atoms with E-state index < -0.39 is 32.4 Å². The van der Waals surface area contributed by atoms with Crippen molar-refractivity contribution in [3.8, 4) is 20.8 Å². The summed E-state index contributed by atoms with van der Waals surface area (Å²) in [5.41, 5.74) is 2.36. The van der Waals surface area contributed by atoms with Crippen LogP contribution in [0, 0.1) is 20.8 Å². The minimum atomic E-state index is -1.39. The fourth-order valence-corrected chi connectivity index (χ4v) is 9.26. The third-order valence-corrected chi connectivity index (χ3v) is 16.3. The first kappa shape index (κ1) is 21.3. The molecule has 138 valence electrons. The third kappa shape index (κ3) is 4.94. The van der Waals surface area contributed by atoms with Crippen LogP contribution in [-0.2, 0) is 0 Å². The Morgan fingerprint density at radius 2 is 1.04 bits per heavy atom. The number of benzene rings is 3. The molecule has 0 saturated carbocycles. The van der Waals surface area contributed by atoms with Crippen LogP contribution in [0.5, 0.6) is 0 Å². The first-order valence-corrected chi connectivity index (χ1v) is 20.0. The van der Waals surface area contributed by atoms with Crippen molar-refractivity contribution in [1.29, 1.82) is 0 Å². The van der Waals surface area contributed by atoms with Gasteiger partial charge in [0.2, 0.25) is 0 Å². The number of hydrogen-bond acceptors (Lipinski definition) is 0. The van der Waals surface area contributed by atoms with E-state index in [9.17, 15) is 0 Å². The van der Waals surface area contributed by atoms with Crippen molar-refractivity contribution in [2.45, 2.75) is 47.6 Å². The molecule has 0 atom stereocenters. The van der Waals surface area contributed by atoms with Gasteiger partial charge in [-0.05, 0) is 0 Å². The normalized spacial score (nSPS) is 10.1. The molecule has 3 aromatic rings. The van der Waals surface area contributed by atoms with E-state index in [-0.39, 0.29) is 0 Å². The first-order valence-electron chi connectivity index (χ1n) is 10.7. The molecule has 0 N–H and O–H groups in total. The number of rotatable bonds is 4. The van der Waals surface area contributed by atoms with Crippen molar-refractivity contribution in [1.82, 2.24) is 0 Å². The van der Waals surface area contributed by atoms with Crippen molar-refractivity contribution in [3.05, 3.63) is 59.7 Å². The summed E-state index contributed by atoms with van der Waals surface area (Å²) < 4.78 is 7.33. The van der Waals surface area contributed by atoms with Gasteiger partial charge in [-0.1, -0.05) is 0 Å². The molecule has 0 amide bonds. The molecule has 0 aliphatic carbocycles. The zero-order valence-corrected chi connectivity index (χ0v) is 22.4. The average molecular weight is 480 g/mol. The molecule has 28 heavy (non-hydrogen) atoms. The van der Waals surface area contributed by atoms with Crippen molar-refractivity contribution in [2.75, 3.05) is 0 Å². The predicted molar refractivity (Wildman–Crippen MR) is 129 cm³/mol. The van der Waals surface area contributed by atoms with Gasteiger partial charge in [0.05, 0.1) is 0 Å². The second kappa shape index (κ2) is 10.4. The second-order valence-electron chi connectivity index (χ2n) is 7.47. The van der Waals surface area contributed by atoms with E-state index in [2.05, 4.69) is 97.0 Å². The van der Waals surface area contributed by atoms with E-state index in [1.165, 1.54) is 52.6 Å². The van der Waals surface area contributed by atoms with Gasteiger partial charge in [-0.3, -0.25) is 0 Å². The Morgan fingerprint density at radius 3 is 1.43 bits per heavy atom. The van der Waals surface area contributed by atoms with Gasteiger partial charge < -0.3 is 0 Å². The van der Waals surface area contributed by atoms with Gasteiger partial charge in [0.1, 0.15) is 0 Å². The minimum absolute atomic E-state index is 1.18. The predicted octanol–water partition coefficient (Wildman–Crippen LogP) is 6.84. The van der Waals surface area contributed by atoms with Crippen molar-refractivity contribution in [3.63, 3.8) is 0 Å². The van der Waals surface area contributed by atoms with Crippen LogP contribution in [0.4, 0.5) is 0 Å². The van der Waals surface area contributed by atoms with Gasteiger partial charge in [-0.2, -0.15) is 0 Å². The van der Waals surface area contributed by atoms with E-state index in [0.29, 0.717) is 0 Å². The molecule has 0 spiro atoms. The Morgan fingerprint density at radius 1 is 0.607 bits per heavy atom. The Hall–Kier alpha value is -1.43. The molecule has 0 bridgehead atoms. The van der Waals surface area contributed by atoms with Gasteiger partial charge in [0.15, 0.2) is 0 Å². The van der Waals surface area contributed by atoms with Gasteiger partial charge >= 0.3 is 182 Å². The second-order valence-corrected chi connectivity index (χ2v) is 21.4. The van der Waals surface area contributed by atoms with E-state index in [4.69, 9.17) is 0 Å². The Kier molecular flexibility index (Phi) is 7.89. The van der Waals surface area contributed by atoms with Gasteiger partial charge in [0.25, 0.3) is 0 Å². The van der Waals surface area contributed by atoms with Crippen LogP contribution in [0.25, 0.3) is 21.5 Å². The Bertz CT molecular complexity index is 997. The van der Waals surface area contributed by atoms with Gasteiger partial charge in [0, 0.05) is 0 Å². The maximum atomic E-state index is 3.66. The molecule has 0 aliphatic rings. The summed E-state index contributed by atoms with van der Waals surface area (Å²) in [6.45, 7) is 9.20. The van der Waals surface area contributed by atoms with Crippen LogP contribution in [0.15, 0.2) is 48.5 Å². The standard InChI is InChI=1S/C18H8.4C2H5.2Ga/c1-3-13-7-5-9-15-11-16-10-6-8-14(4-2)18(16)12-17(13)15;4*1-2;;/h5-12H;4*1H2,2H3;;. The molecule has 0 heterocycles. The number of fused-ring (bicyclic) bond motifs is 2. The molecular formula is C26H28Ga2. The third-order valence-electron chi connectivity index (χ3n) is 5.67. The summed E-state index contributed by atoms with van der Waals surface area (Å²) in [4.78, 5) is 5.19. The van der Waals surface area contributed by atoms with E-state index >= 15 is 0 Å². The molecule has 0 nitrogen and oxygen atoms in total. The van der Waals surface area contributed by atoms with E-state index in [0.717, 1.165) is 0 Å². The van der Waals surface area contributed by atoms with Crippen LogP contribution < -0.4 is 0 Å². The molecule has 0 fully saturated rings.